The SMILES string of the molecule is CC(F)(F)C(N)c1ccccc1O. The van der Waals surface area contributed by atoms with Gasteiger partial charge >= 0.3 is 0 Å². The third-order valence-electron chi connectivity index (χ3n) is 1.82. The Kier molecular flexibility index (Phi) is 2.52. The highest BCUT2D eigenvalue weighted by Crippen LogP contribution is 2.32. The number of phenols is 1. The predicted molar refractivity (Wildman–Crippen MR) is 45.7 cm³/mol. The lowest BCUT2D eigenvalue weighted by atomic mass is 10.0. The molecule has 0 saturated carbocycles. The molecule has 0 radical (unpaired) electrons. The number of para-hydroxylation sites is 1. The van der Waals surface area contributed by atoms with Gasteiger partial charge in [0.05, 0.1) is 6.04 Å². The summed E-state index contributed by atoms with van der Waals surface area (Å²) in [5.41, 5.74) is 5.33. The van der Waals surface area contributed by atoms with Crippen LogP contribution >= 0.6 is 0 Å². The largest absolute Gasteiger partial charge is 0.508 e. The molecule has 72 valence electrons. The smallest absolute Gasteiger partial charge is 0.264 e. The Bertz CT molecular complexity index is 296. The van der Waals surface area contributed by atoms with Crippen LogP contribution in [0, 0.1) is 0 Å². The number of nitrogens with two attached hydrogens (primary N) is 1. The molecule has 0 aliphatic heterocycles. The molecule has 13 heavy (non-hydrogen) atoms. The normalized spacial score (nSPS) is 14.2. The maximum atomic E-state index is 12.7. The number of hydrogen-bond acceptors (Lipinski definition) is 2. The molecule has 0 spiro atoms. The fraction of sp³-hybridized carbons (Fsp3) is 0.333. The van der Waals surface area contributed by atoms with Gasteiger partial charge in [-0.2, -0.15) is 0 Å². The van der Waals surface area contributed by atoms with Crippen LogP contribution in [0.25, 0.3) is 0 Å². The van der Waals surface area contributed by atoms with Crippen LogP contribution in [0.3, 0.4) is 0 Å². The number of halogens is 2. The van der Waals surface area contributed by atoms with Crippen molar-refractivity contribution in [2.75, 3.05) is 0 Å². The second kappa shape index (κ2) is 3.30. The van der Waals surface area contributed by atoms with Gasteiger partial charge in [-0.25, -0.2) is 8.78 Å². The molecule has 0 bridgehead atoms. The zero-order chi connectivity index (χ0) is 10.1. The molecule has 2 nitrogen and oxygen atoms in total. The topological polar surface area (TPSA) is 46.2 Å². The Labute approximate surface area is 75.0 Å². The molecule has 0 saturated heterocycles. The van der Waals surface area contributed by atoms with Crippen molar-refractivity contribution in [3.05, 3.63) is 29.8 Å². The van der Waals surface area contributed by atoms with E-state index in [0.29, 0.717) is 0 Å². The number of benzene rings is 1. The fourth-order valence-corrected chi connectivity index (χ4v) is 1.02. The number of alkyl halides is 2. The molecule has 3 N–H and O–H groups in total. The Balaban J connectivity index is 3.02. The van der Waals surface area contributed by atoms with Gasteiger partial charge in [0.25, 0.3) is 5.92 Å². The molecule has 0 aromatic heterocycles. The van der Waals surface area contributed by atoms with Crippen molar-refractivity contribution in [1.82, 2.24) is 0 Å². The predicted octanol–water partition coefficient (Wildman–Crippen LogP) is 2.05. The molecule has 4 heteroatoms. The molecule has 1 aromatic carbocycles. The van der Waals surface area contributed by atoms with E-state index in [2.05, 4.69) is 0 Å². The van der Waals surface area contributed by atoms with E-state index in [1.165, 1.54) is 12.1 Å². The minimum Gasteiger partial charge on any atom is -0.508 e. The van der Waals surface area contributed by atoms with Crippen molar-refractivity contribution in [3.8, 4) is 5.75 Å². The van der Waals surface area contributed by atoms with Crippen LogP contribution in [0.4, 0.5) is 8.78 Å². The van der Waals surface area contributed by atoms with E-state index in [9.17, 15) is 13.9 Å². The number of rotatable bonds is 2. The first-order chi connectivity index (χ1) is 5.93. The quantitative estimate of drug-likeness (QED) is 0.744. The average Bonchev–Trinajstić information content (AvgIpc) is 2.02. The van der Waals surface area contributed by atoms with Crippen LogP contribution in [0.2, 0.25) is 0 Å². The Morgan fingerprint density at radius 3 is 2.38 bits per heavy atom. The van der Waals surface area contributed by atoms with Gasteiger partial charge in [-0.3, -0.25) is 0 Å². The summed E-state index contributed by atoms with van der Waals surface area (Å²) in [5.74, 6) is -3.23. The molecule has 0 fully saturated rings. The maximum absolute atomic E-state index is 12.7. The van der Waals surface area contributed by atoms with E-state index in [4.69, 9.17) is 5.73 Å². The standard InChI is InChI=1S/C9H11F2NO/c1-9(10,11)8(12)6-4-2-3-5-7(6)13/h2-5,8,13H,12H2,1H3. The summed E-state index contributed by atoms with van der Waals surface area (Å²) in [6.45, 7) is 0.726. The highest BCUT2D eigenvalue weighted by Gasteiger charge is 2.33. The van der Waals surface area contributed by atoms with E-state index in [0.717, 1.165) is 6.92 Å². The Morgan fingerprint density at radius 2 is 1.92 bits per heavy atom. The monoisotopic (exact) mass is 187 g/mol. The molecular weight excluding hydrogens is 176 g/mol. The van der Waals surface area contributed by atoms with E-state index >= 15 is 0 Å². The van der Waals surface area contributed by atoms with Crippen molar-refractivity contribution >= 4 is 0 Å². The van der Waals surface area contributed by atoms with E-state index in [1.807, 2.05) is 0 Å². The molecule has 1 rings (SSSR count). The first-order valence-corrected chi connectivity index (χ1v) is 3.84. The van der Waals surface area contributed by atoms with Crippen LogP contribution in [-0.4, -0.2) is 11.0 Å². The Morgan fingerprint density at radius 1 is 1.38 bits per heavy atom. The van der Waals surface area contributed by atoms with Gasteiger partial charge in [-0.15, -0.1) is 0 Å². The number of aromatic hydroxyl groups is 1. The van der Waals surface area contributed by atoms with Gasteiger partial charge < -0.3 is 10.8 Å². The van der Waals surface area contributed by atoms with Crippen molar-refractivity contribution < 1.29 is 13.9 Å². The van der Waals surface area contributed by atoms with Gasteiger partial charge in [0, 0.05) is 12.5 Å². The second-order valence-electron chi connectivity index (χ2n) is 2.99. The fourth-order valence-electron chi connectivity index (χ4n) is 1.02. The molecule has 0 aliphatic rings. The van der Waals surface area contributed by atoms with Crippen LogP contribution in [-0.2, 0) is 0 Å². The zero-order valence-corrected chi connectivity index (χ0v) is 7.17. The summed E-state index contributed by atoms with van der Waals surface area (Å²) in [7, 11) is 0. The van der Waals surface area contributed by atoms with E-state index < -0.39 is 12.0 Å². The lowest BCUT2D eigenvalue weighted by Crippen LogP contribution is -2.29. The summed E-state index contributed by atoms with van der Waals surface area (Å²) < 4.78 is 25.5. The zero-order valence-electron chi connectivity index (χ0n) is 7.17. The first-order valence-electron chi connectivity index (χ1n) is 3.84. The van der Waals surface area contributed by atoms with Crippen molar-refractivity contribution in [2.24, 2.45) is 5.73 Å². The van der Waals surface area contributed by atoms with Crippen LogP contribution < -0.4 is 5.73 Å². The van der Waals surface area contributed by atoms with Gasteiger partial charge in [-0.05, 0) is 6.07 Å². The minimum absolute atomic E-state index is 0.0648. The molecule has 1 unspecified atom stereocenters. The van der Waals surface area contributed by atoms with Gasteiger partial charge in [0.15, 0.2) is 0 Å². The summed E-state index contributed by atoms with van der Waals surface area (Å²) in [4.78, 5) is 0. The van der Waals surface area contributed by atoms with Crippen molar-refractivity contribution in [2.45, 2.75) is 18.9 Å². The van der Waals surface area contributed by atoms with Gasteiger partial charge in [-0.1, -0.05) is 18.2 Å². The number of phenolic OH excluding ortho intramolecular Hbond substituents is 1. The average molecular weight is 187 g/mol. The molecule has 0 heterocycles. The highest BCUT2D eigenvalue weighted by molar-refractivity contribution is 5.35. The lowest BCUT2D eigenvalue weighted by Gasteiger charge is -2.20. The third kappa shape index (κ3) is 2.15. The molecule has 0 amide bonds. The molecule has 1 aromatic rings. The first kappa shape index (κ1) is 9.92. The Hall–Kier alpha value is -1.16. The van der Waals surface area contributed by atoms with Crippen LogP contribution in [0.1, 0.15) is 18.5 Å². The molecule has 1 atom stereocenters. The molecular formula is C9H11F2NO. The van der Waals surface area contributed by atoms with Crippen LogP contribution in [0.5, 0.6) is 5.75 Å². The second-order valence-corrected chi connectivity index (χ2v) is 2.99. The maximum Gasteiger partial charge on any atom is 0.264 e. The lowest BCUT2D eigenvalue weighted by molar-refractivity contribution is -0.00686. The van der Waals surface area contributed by atoms with Crippen molar-refractivity contribution in [1.29, 1.82) is 0 Å². The highest BCUT2D eigenvalue weighted by atomic mass is 19.3. The van der Waals surface area contributed by atoms with Gasteiger partial charge in [0.1, 0.15) is 5.75 Å². The third-order valence-corrected chi connectivity index (χ3v) is 1.82. The summed E-state index contributed by atoms with van der Waals surface area (Å²) in [6.07, 6.45) is 0. The number of hydrogen-bond donors (Lipinski definition) is 2. The van der Waals surface area contributed by atoms with Gasteiger partial charge in [0.2, 0.25) is 0 Å². The van der Waals surface area contributed by atoms with Crippen molar-refractivity contribution in [3.63, 3.8) is 0 Å². The van der Waals surface area contributed by atoms with E-state index in [-0.39, 0.29) is 11.3 Å². The molecule has 0 aliphatic carbocycles. The van der Waals surface area contributed by atoms with E-state index in [1.54, 1.807) is 12.1 Å². The summed E-state index contributed by atoms with van der Waals surface area (Å²) >= 11 is 0. The summed E-state index contributed by atoms with van der Waals surface area (Å²) in [5, 5.41) is 9.23. The van der Waals surface area contributed by atoms with Crippen LogP contribution in [0.15, 0.2) is 24.3 Å². The summed E-state index contributed by atoms with van der Waals surface area (Å²) in [6, 6.07) is 4.37. The minimum atomic E-state index is -3.03.